The number of carbonyl (C=O) groups is 1. The van der Waals surface area contributed by atoms with E-state index in [1.54, 1.807) is 0 Å². The molecule has 0 heterocycles. The van der Waals surface area contributed by atoms with E-state index in [1.165, 1.54) is 6.42 Å². The number of alkyl halides is 1. The molecule has 2 nitrogen and oxygen atoms in total. The van der Waals surface area contributed by atoms with Crippen molar-refractivity contribution in [3.05, 3.63) is 35.4 Å². The molecule has 0 aromatic heterocycles. The van der Waals surface area contributed by atoms with Gasteiger partial charge in [0.15, 0.2) is 0 Å². The van der Waals surface area contributed by atoms with Gasteiger partial charge in [-0.15, -0.1) is 11.6 Å². The van der Waals surface area contributed by atoms with E-state index in [4.69, 9.17) is 11.6 Å². The van der Waals surface area contributed by atoms with Gasteiger partial charge in [0.05, 0.1) is 0 Å². The van der Waals surface area contributed by atoms with Gasteiger partial charge in [0.2, 0.25) is 0 Å². The van der Waals surface area contributed by atoms with E-state index in [2.05, 4.69) is 5.32 Å². The molecule has 0 saturated heterocycles. The number of carbonyl (C=O) groups excluding carboxylic acids is 1. The summed E-state index contributed by atoms with van der Waals surface area (Å²) >= 11 is 6.18. The zero-order valence-electron chi connectivity index (χ0n) is 10.1. The van der Waals surface area contributed by atoms with Crippen molar-refractivity contribution >= 4 is 17.5 Å². The fourth-order valence-corrected chi connectivity index (χ4v) is 2.62. The lowest BCUT2D eigenvalue weighted by molar-refractivity contribution is 0.0947. The number of hydrogen-bond donors (Lipinski definition) is 1. The Balaban J connectivity index is 1.87. The average molecular weight is 252 g/mol. The van der Waals surface area contributed by atoms with Crippen LogP contribution in [0.25, 0.3) is 0 Å². The van der Waals surface area contributed by atoms with Crippen molar-refractivity contribution in [2.24, 2.45) is 5.92 Å². The van der Waals surface area contributed by atoms with Crippen LogP contribution in [0.5, 0.6) is 0 Å². The number of amides is 1. The molecule has 0 radical (unpaired) electrons. The van der Waals surface area contributed by atoms with E-state index in [1.807, 2.05) is 31.2 Å². The summed E-state index contributed by atoms with van der Waals surface area (Å²) in [5.74, 6) is 0.437. The third-order valence-electron chi connectivity index (χ3n) is 3.40. The highest BCUT2D eigenvalue weighted by Gasteiger charge is 2.25. The van der Waals surface area contributed by atoms with Gasteiger partial charge in [-0.3, -0.25) is 4.79 Å². The first-order valence-electron chi connectivity index (χ1n) is 6.16. The zero-order valence-corrected chi connectivity index (χ0v) is 10.8. The van der Waals surface area contributed by atoms with Gasteiger partial charge in [-0.25, -0.2) is 0 Å². The van der Waals surface area contributed by atoms with Crippen LogP contribution in [0.15, 0.2) is 24.3 Å². The number of halogens is 1. The monoisotopic (exact) mass is 251 g/mol. The summed E-state index contributed by atoms with van der Waals surface area (Å²) in [5.41, 5.74) is 1.89. The van der Waals surface area contributed by atoms with Gasteiger partial charge in [-0.2, -0.15) is 0 Å². The summed E-state index contributed by atoms with van der Waals surface area (Å²) in [5, 5.41) is 3.20. The topological polar surface area (TPSA) is 29.1 Å². The Morgan fingerprint density at radius 3 is 2.65 bits per heavy atom. The fourth-order valence-electron chi connectivity index (χ4n) is 2.25. The molecule has 1 amide bonds. The highest BCUT2D eigenvalue weighted by molar-refractivity contribution is 6.21. The Morgan fingerprint density at radius 1 is 1.35 bits per heavy atom. The second-order valence-electron chi connectivity index (χ2n) is 4.78. The summed E-state index contributed by atoms with van der Waals surface area (Å²) < 4.78 is 0. The van der Waals surface area contributed by atoms with Crippen LogP contribution in [0.3, 0.4) is 0 Å². The van der Waals surface area contributed by atoms with Crippen molar-refractivity contribution in [3.8, 4) is 0 Å². The minimum Gasteiger partial charge on any atom is -0.352 e. The minimum absolute atomic E-state index is 0.000710. The van der Waals surface area contributed by atoms with E-state index >= 15 is 0 Å². The van der Waals surface area contributed by atoms with Crippen LogP contribution < -0.4 is 5.32 Å². The normalized spacial score (nSPS) is 23.6. The molecule has 1 N–H and O–H groups in total. The largest absolute Gasteiger partial charge is 0.352 e. The lowest BCUT2D eigenvalue weighted by Crippen LogP contribution is -2.31. The fraction of sp³-hybridized carbons (Fsp3) is 0.500. The van der Waals surface area contributed by atoms with Crippen LogP contribution in [0.1, 0.15) is 35.2 Å². The molecule has 2 rings (SSSR count). The van der Waals surface area contributed by atoms with Crippen molar-refractivity contribution in [1.29, 1.82) is 0 Å². The van der Waals surface area contributed by atoms with Crippen LogP contribution in [-0.2, 0) is 0 Å². The summed E-state index contributed by atoms with van der Waals surface area (Å²) in [7, 11) is 0. The number of benzene rings is 1. The first-order valence-corrected chi connectivity index (χ1v) is 6.59. The maximum Gasteiger partial charge on any atom is 0.251 e. The van der Waals surface area contributed by atoms with Gasteiger partial charge in [0.1, 0.15) is 0 Å². The molecule has 1 saturated carbocycles. The number of nitrogens with one attached hydrogen (secondary N) is 1. The minimum atomic E-state index is 0.000710. The molecule has 0 bridgehead atoms. The molecule has 1 fully saturated rings. The highest BCUT2D eigenvalue weighted by atomic mass is 35.5. The number of aryl methyl sites for hydroxylation is 1. The molecule has 0 spiro atoms. The molecular formula is C14H18ClNO. The average Bonchev–Trinajstić information content (AvgIpc) is 2.73. The maximum atomic E-state index is 11.9. The van der Waals surface area contributed by atoms with Crippen LogP contribution in [0.2, 0.25) is 0 Å². The third kappa shape index (κ3) is 3.22. The van der Waals surface area contributed by atoms with Crippen molar-refractivity contribution in [1.82, 2.24) is 5.32 Å². The smallest absolute Gasteiger partial charge is 0.251 e. The Kier molecular flexibility index (Phi) is 4.06. The van der Waals surface area contributed by atoms with Gasteiger partial charge >= 0.3 is 0 Å². The van der Waals surface area contributed by atoms with Crippen LogP contribution in [0, 0.1) is 12.8 Å². The van der Waals surface area contributed by atoms with E-state index in [0.717, 1.165) is 24.0 Å². The molecule has 0 aliphatic heterocycles. The van der Waals surface area contributed by atoms with Gasteiger partial charge in [-0.05, 0) is 37.8 Å². The molecule has 2 atom stereocenters. The van der Waals surface area contributed by atoms with Crippen LogP contribution in [-0.4, -0.2) is 17.8 Å². The molecule has 1 aliphatic rings. The maximum absolute atomic E-state index is 11.9. The molecule has 1 aliphatic carbocycles. The number of hydrogen-bond acceptors (Lipinski definition) is 1. The molecular weight excluding hydrogens is 234 g/mol. The first kappa shape index (κ1) is 12.4. The van der Waals surface area contributed by atoms with Crippen molar-refractivity contribution < 1.29 is 4.79 Å². The Morgan fingerprint density at radius 2 is 2.06 bits per heavy atom. The summed E-state index contributed by atoms with van der Waals surface area (Å²) in [6, 6.07) is 7.62. The molecule has 1 aromatic carbocycles. The second-order valence-corrected chi connectivity index (χ2v) is 5.34. The van der Waals surface area contributed by atoms with E-state index in [9.17, 15) is 4.79 Å². The number of rotatable bonds is 3. The third-order valence-corrected chi connectivity index (χ3v) is 3.98. The second kappa shape index (κ2) is 5.54. The van der Waals surface area contributed by atoms with Crippen molar-refractivity contribution in [2.75, 3.05) is 6.54 Å². The lowest BCUT2D eigenvalue weighted by Gasteiger charge is -2.14. The van der Waals surface area contributed by atoms with Crippen molar-refractivity contribution in [3.63, 3.8) is 0 Å². The summed E-state index contributed by atoms with van der Waals surface area (Å²) in [6.07, 6.45) is 3.38. The van der Waals surface area contributed by atoms with E-state index in [0.29, 0.717) is 12.5 Å². The standard InChI is InChI=1S/C14H18ClNO/c1-10-5-7-11(8-6-10)14(17)16-9-12-3-2-4-13(12)15/h5-8,12-13H,2-4,9H2,1H3,(H,16,17). The Labute approximate surface area is 107 Å². The highest BCUT2D eigenvalue weighted by Crippen LogP contribution is 2.29. The van der Waals surface area contributed by atoms with Crippen LogP contribution >= 0.6 is 11.6 Å². The first-order chi connectivity index (χ1) is 8.16. The van der Waals surface area contributed by atoms with Gasteiger partial charge in [-0.1, -0.05) is 24.1 Å². The predicted octanol–water partition coefficient (Wildman–Crippen LogP) is 3.13. The molecule has 92 valence electrons. The lowest BCUT2D eigenvalue weighted by atomic mass is 10.1. The predicted molar refractivity (Wildman–Crippen MR) is 70.5 cm³/mol. The van der Waals surface area contributed by atoms with Crippen molar-refractivity contribution in [2.45, 2.75) is 31.6 Å². The zero-order chi connectivity index (χ0) is 12.3. The molecule has 17 heavy (non-hydrogen) atoms. The van der Waals surface area contributed by atoms with Gasteiger partial charge < -0.3 is 5.32 Å². The SMILES string of the molecule is Cc1ccc(C(=O)NCC2CCCC2Cl)cc1. The molecule has 1 aromatic rings. The molecule has 3 heteroatoms. The molecule has 2 unspecified atom stereocenters. The van der Waals surface area contributed by atoms with E-state index in [-0.39, 0.29) is 11.3 Å². The van der Waals surface area contributed by atoms with Gasteiger partial charge in [0.25, 0.3) is 5.91 Å². The Bertz CT molecular complexity index is 388. The van der Waals surface area contributed by atoms with E-state index < -0.39 is 0 Å². The van der Waals surface area contributed by atoms with Crippen LogP contribution in [0.4, 0.5) is 0 Å². The quantitative estimate of drug-likeness (QED) is 0.822. The van der Waals surface area contributed by atoms with Gasteiger partial charge in [0, 0.05) is 17.5 Å². The summed E-state index contributed by atoms with van der Waals surface area (Å²) in [6.45, 7) is 2.71. The Hall–Kier alpha value is -1.02. The summed E-state index contributed by atoms with van der Waals surface area (Å²) in [4.78, 5) is 11.9.